The Morgan fingerprint density at radius 1 is 1.16 bits per heavy atom. The lowest BCUT2D eigenvalue weighted by atomic mass is 9.87. The first-order chi connectivity index (χ1) is 14.3. The van der Waals surface area contributed by atoms with Crippen LogP contribution in [-0.2, 0) is 26.8 Å². The average Bonchev–Trinajstić information content (AvgIpc) is 2.68. The minimum absolute atomic E-state index is 0.0910. The third kappa shape index (κ3) is 6.56. The van der Waals surface area contributed by atoms with Crippen molar-refractivity contribution < 1.29 is 13.2 Å². The molecule has 2 aromatic rings. The first-order valence-corrected chi connectivity index (χ1v) is 11.9. The van der Waals surface area contributed by atoms with E-state index >= 15 is 0 Å². The molecule has 31 heavy (non-hydrogen) atoms. The first kappa shape index (κ1) is 24.4. The van der Waals surface area contributed by atoms with E-state index in [9.17, 15) is 13.2 Å². The summed E-state index contributed by atoms with van der Waals surface area (Å²) in [6, 6.07) is 11.9. The van der Waals surface area contributed by atoms with Gasteiger partial charge in [0.1, 0.15) is 0 Å². The molecule has 0 spiro atoms. The monoisotopic (exact) mass is 440 g/mol. The molecule has 0 saturated carbocycles. The standard InChI is InChI=1S/C25H32N2O3S/c1-8-21-16-20(15-18(2)24(21)27(6)31(7,29)30)17-26-23(28)14-11-19-9-12-22(13-10-19)25(3,4)5/h8-16H,1,17H2,2-7H3,(H,26,28)/b14-11+. The van der Waals surface area contributed by atoms with Crippen molar-refractivity contribution in [2.75, 3.05) is 17.6 Å². The largest absolute Gasteiger partial charge is 0.348 e. The van der Waals surface area contributed by atoms with E-state index < -0.39 is 10.0 Å². The zero-order valence-corrected chi connectivity index (χ0v) is 20.0. The average molecular weight is 441 g/mol. The number of hydrogen-bond acceptors (Lipinski definition) is 3. The van der Waals surface area contributed by atoms with E-state index in [0.29, 0.717) is 17.8 Å². The van der Waals surface area contributed by atoms with Crippen LogP contribution in [0.3, 0.4) is 0 Å². The van der Waals surface area contributed by atoms with Gasteiger partial charge in [-0.25, -0.2) is 8.42 Å². The van der Waals surface area contributed by atoms with Crippen molar-refractivity contribution in [2.45, 2.75) is 39.7 Å². The normalized spacial score (nSPS) is 12.1. The zero-order valence-electron chi connectivity index (χ0n) is 19.2. The predicted molar refractivity (Wildman–Crippen MR) is 131 cm³/mol. The summed E-state index contributed by atoms with van der Waals surface area (Å²) < 4.78 is 25.1. The van der Waals surface area contributed by atoms with Crippen molar-refractivity contribution in [3.05, 3.63) is 76.9 Å². The van der Waals surface area contributed by atoms with Crippen molar-refractivity contribution in [1.82, 2.24) is 5.32 Å². The number of carbonyl (C=O) groups is 1. The van der Waals surface area contributed by atoms with Gasteiger partial charge in [-0.15, -0.1) is 0 Å². The van der Waals surface area contributed by atoms with Gasteiger partial charge in [-0.3, -0.25) is 9.10 Å². The van der Waals surface area contributed by atoms with Crippen LogP contribution >= 0.6 is 0 Å². The van der Waals surface area contributed by atoms with Crippen LogP contribution in [0.4, 0.5) is 5.69 Å². The van der Waals surface area contributed by atoms with Crippen LogP contribution in [0.2, 0.25) is 0 Å². The Balaban J connectivity index is 2.09. The van der Waals surface area contributed by atoms with E-state index in [0.717, 1.165) is 22.9 Å². The lowest BCUT2D eigenvalue weighted by Crippen LogP contribution is -2.26. The number of nitrogens with one attached hydrogen (secondary N) is 1. The third-order valence-electron chi connectivity index (χ3n) is 5.09. The molecule has 0 aliphatic heterocycles. The van der Waals surface area contributed by atoms with E-state index in [4.69, 9.17) is 0 Å². The Morgan fingerprint density at radius 2 is 1.77 bits per heavy atom. The minimum atomic E-state index is -3.39. The van der Waals surface area contributed by atoms with Crippen molar-refractivity contribution >= 4 is 33.8 Å². The summed E-state index contributed by atoms with van der Waals surface area (Å²) in [4.78, 5) is 12.3. The van der Waals surface area contributed by atoms with Crippen LogP contribution in [0.25, 0.3) is 12.2 Å². The number of hydrogen-bond donors (Lipinski definition) is 1. The highest BCUT2D eigenvalue weighted by atomic mass is 32.2. The Hall–Kier alpha value is -2.86. The number of carbonyl (C=O) groups excluding carboxylic acids is 1. The molecule has 0 radical (unpaired) electrons. The predicted octanol–water partition coefficient (Wildman–Crippen LogP) is 4.66. The van der Waals surface area contributed by atoms with E-state index in [2.05, 4.69) is 44.8 Å². The SMILES string of the molecule is C=Cc1cc(CNC(=O)/C=C/c2ccc(C(C)(C)C)cc2)cc(C)c1N(C)S(C)(=O)=O. The summed E-state index contributed by atoms with van der Waals surface area (Å²) in [7, 11) is -1.87. The number of amides is 1. The molecule has 0 heterocycles. The number of aryl methyl sites for hydroxylation is 1. The molecule has 0 atom stereocenters. The summed E-state index contributed by atoms with van der Waals surface area (Å²) in [5.74, 6) is -0.199. The van der Waals surface area contributed by atoms with E-state index in [1.54, 1.807) is 12.2 Å². The number of nitrogens with zero attached hydrogens (tertiary/aromatic N) is 1. The van der Waals surface area contributed by atoms with Crippen LogP contribution in [0.1, 0.15) is 48.6 Å². The van der Waals surface area contributed by atoms with Gasteiger partial charge < -0.3 is 5.32 Å². The molecule has 1 amide bonds. The second-order valence-corrected chi connectivity index (χ2v) is 10.7. The number of benzene rings is 2. The molecule has 0 aliphatic rings. The lowest BCUT2D eigenvalue weighted by Gasteiger charge is -2.22. The fourth-order valence-corrected chi connectivity index (χ4v) is 3.83. The molecule has 0 fully saturated rings. The summed E-state index contributed by atoms with van der Waals surface area (Å²) >= 11 is 0. The van der Waals surface area contributed by atoms with Crippen LogP contribution in [0.15, 0.2) is 49.1 Å². The number of rotatable bonds is 7. The number of sulfonamides is 1. The van der Waals surface area contributed by atoms with Gasteiger partial charge in [0.15, 0.2) is 0 Å². The molecule has 1 N–H and O–H groups in total. The van der Waals surface area contributed by atoms with Gasteiger partial charge in [0.25, 0.3) is 0 Å². The Morgan fingerprint density at radius 3 is 2.29 bits per heavy atom. The summed E-state index contributed by atoms with van der Waals surface area (Å²) in [6.07, 6.45) is 6.08. The fourth-order valence-electron chi connectivity index (χ4n) is 3.25. The molecular weight excluding hydrogens is 408 g/mol. The molecule has 166 valence electrons. The summed E-state index contributed by atoms with van der Waals surface area (Å²) in [5.41, 5.74) is 5.25. The molecule has 2 rings (SSSR count). The summed E-state index contributed by atoms with van der Waals surface area (Å²) in [5, 5.41) is 2.87. The molecule has 0 saturated heterocycles. The Labute approximate surface area is 186 Å². The van der Waals surface area contributed by atoms with Crippen LogP contribution in [0, 0.1) is 6.92 Å². The molecular formula is C25H32N2O3S. The second kappa shape index (κ2) is 9.52. The molecule has 2 aromatic carbocycles. The highest BCUT2D eigenvalue weighted by Crippen LogP contribution is 2.29. The van der Waals surface area contributed by atoms with Crippen molar-refractivity contribution in [3.63, 3.8) is 0 Å². The van der Waals surface area contributed by atoms with Gasteiger partial charge in [-0.05, 0) is 52.3 Å². The smallest absolute Gasteiger partial charge is 0.244 e. The fraction of sp³-hybridized carbons (Fsp3) is 0.320. The van der Waals surface area contributed by atoms with Crippen molar-refractivity contribution in [2.24, 2.45) is 0 Å². The summed E-state index contributed by atoms with van der Waals surface area (Å²) in [6.45, 7) is 12.5. The topological polar surface area (TPSA) is 66.5 Å². The van der Waals surface area contributed by atoms with Gasteiger partial charge in [-0.1, -0.05) is 63.8 Å². The first-order valence-electron chi connectivity index (χ1n) is 10.1. The van der Waals surface area contributed by atoms with Gasteiger partial charge in [-0.2, -0.15) is 0 Å². The van der Waals surface area contributed by atoms with E-state index in [1.165, 1.54) is 23.0 Å². The van der Waals surface area contributed by atoms with Gasteiger partial charge in [0.2, 0.25) is 15.9 Å². The quantitative estimate of drug-likeness (QED) is 0.637. The van der Waals surface area contributed by atoms with Crippen LogP contribution in [0.5, 0.6) is 0 Å². The van der Waals surface area contributed by atoms with Crippen LogP contribution in [-0.4, -0.2) is 27.6 Å². The van der Waals surface area contributed by atoms with Crippen LogP contribution < -0.4 is 9.62 Å². The molecule has 6 heteroatoms. The maximum Gasteiger partial charge on any atom is 0.244 e. The molecule has 0 unspecified atom stereocenters. The maximum atomic E-state index is 12.3. The number of anilines is 1. The molecule has 0 aromatic heterocycles. The van der Waals surface area contributed by atoms with Crippen molar-refractivity contribution in [1.29, 1.82) is 0 Å². The molecule has 0 aliphatic carbocycles. The highest BCUT2D eigenvalue weighted by molar-refractivity contribution is 7.92. The highest BCUT2D eigenvalue weighted by Gasteiger charge is 2.18. The van der Waals surface area contributed by atoms with E-state index in [1.807, 2.05) is 31.2 Å². The van der Waals surface area contributed by atoms with Crippen molar-refractivity contribution in [3.8, 4) is 0 Å². The Bertz CT molecular complexity index is 1090. The van der Waals surface area contributed by atoms with Gasteiger partial charge >= 0.3 is 0 Å². The minimum Gasteiger partial charge on any atom is -0.348 e. The zero-order chi connectivity index (χ0) is 23.4. The van der Waals surface area contributed by atoms with Gasteiger partial charge in [0, 0.05) is 19.7 Å². The van der Waals surface area contributed by atoms with E-state index in [-0.39, 0.29) is 11.3 Å². The molecule has 0 bridgehead atoms. The maximum absolute atomic E-state index is 12.3. The second-order valence-electron chi connectivity index (χ2n) is 8.71. The Kier molecular flexibility index (Phi) is 7.49. The van der Waals surface area contributed by atoms with Gasteiger partial charge in [0.05, 0.1) is 11.9 Å². The third-order valence-corrected chi connectivity index (χ3v) is 6.27. The lowest BCUT2D eigenvalue weighted by molar-refractivity contribution is -0.116. The molecule has 5 nitrogen and oxygen atoms in total.